The van der Waals surface area contributed by atoms with Crippen LogP contribution >= 0.6 is 0 Å². The van der Waals surface area contributed by atoms with E-state index in [1.807, 2.05) is 36.4 Å². The highest BCUT2D eigenvalue weighted by molar-refractivity contribution is 5.92. The maximum absolute atomic E-state index is 13.6. The largest absolute Gasteiger partial charge is 0.497 e. The van der Waals surface area contributed by atoms with E-state index in [2.05, 4.69) is 0 Å². The summed E-state index contributed by atoms with van der Waals surface area (Å²) in [5, 5.41) is 1.99. The molecule has 0 bridgehead atoms. The van der Waals surface area contributed by atoms with Crippen LogP contribution in [0.1, 0.15) is 15.9 Å². The fourth-order valence-corrected chi connectivity index (χ4v) is 2.86. The molecule has 0 spiro atoms. The zero-order valence-electron chi connectivity index (χ0n) is 15.9. The summed E-state index contributed by atoms with van der Waals surface area (Å²) in [7, 11) is 3.15. The first-order chi connectivity index (χ1) is 13.9. The van der Waals surface area contributed by atoms with Gasteiger partial charge in [0.15, 0.2) is 6.61 Å². The number of fused-ring (bicyclic) bond motifs is 1. The molecule has 0 saturated carbocycles. The van der Waals surface area contributed by atoms with E-state index in [-0.39, 0.29) is 6.54 Å². The van der Waals surface area contributed by atoms with Crippen LogP contribution in [0.5, 0.6) is 5.75 Å². The molecule has 0 aliphatic carbocycles. The quantitative estimate of drug-likeness (QED) is 0.589. The van der Waals surface area contributed by atoms with Crippen LogP contribution in [0.2, 0.25) is 0 Å². The van der Waals surface area contributed by atoms with E-state index in [9.17, 15) is 18.4 Å². The molecule has 0 heterocycles. The molecule has 7 heteroatoms. The number of halogens is 2. The highest BCUT2D eigenvalue weighted by Gasteiger charge is 2.20. The smallest absolute Gasteiger partial charge is 0.344 e. The molecular weight excluding hydrogens is 380 g/mol. The Morgan fingerprint density at radius 2 is 1.62 bits per heavy atom. The average Bonchev–Trinajstić information content (AvgIpc) is 2.71. The molecule has 150 valence electrons. The maximum Gasteiger partial charge on any atom is 0.344 e. The van der Waals surface area contributed by atoms with E-state index in [0.29, 0.717) is 0 Å². The Morgan fingerprint density at radius 3 is 2.31 bits per heavy atom. The first-order valence-electron chi connectivity index (χ1n) is 8.81. The maximum atomic E-state index is 13.6. The van der Waals surface area contributed by atoms with Crippen LogP contribution in [0.4, 0.5) is 8.78 Å². The van der Waals surface area contributed by atoms with Gasteiger partial charge in [0.2, 0.25) is 0 Å². The molecule has 0 unspecified atom stereocenters. The van der Waals surface area contributed by atoms with E-state index in [4.69, 9.17) is 9.47 Å². The van der Waals surface area contributed by atoms with Crippen molar-refractivity contribution in [1.82, 2.24) is 4.90 Å². The van der Waals surface area contributed by atoms with Crippen molar-refractivity contribution in [3.63, 3.8) is 0 Å². The summed E-state index contributed by atoms with van der Waals surface area (Å²) in [5.41, 5.74) is 0.0675. The van der Waals surface area contributed by atoms with Crippen molar-refractivity contribution in [3.8, 4) is 5.75 Å². The van der Waals surface area contributed by atoms with Crippen LogP contribution in [0, 0.1) is 11.6 Å². The molecule has 0 saturated heterocycles. The van der Waals surface area contributed by atoms with Crippen molar-refractivity contribution in [1.29, 1.82) is 0 Å². The van der Waals surface area contributed by atoms with Gasteiger partial charge in [-0.1, -0.05) is 24.3 Å². The summed E-state index contributed by atoms with van der Waals surface area (Å²) >= 11 is 0. The predicted octanol–water partition coefficient (Wildman–Crippen LogP) is 3.94. The number of carbonyl (C=O) groups excluding carboxylic acids is 2. The van der Waals surface area contributed by atoms with Gasteiger partial charge in [-0.2, -0.15) is 0 Å². The molecule has 0 radical (unpaired) electrons. The summed E-state index contributed by atoms with van der Waals surface area (Å²) < 4.78 is 37.2. The SMILES string of the molecule is COc1ccc2cc(CN(C)C(=O)COC(=O)c3c(F)cccc3F)ccc2c1. The molecule has 5 nitrogen and oxygen atoms in total. The molecule has 3 rings (SSSR count). The van der Waals surface area contributed by atoms with Crippen LogP contribution in [-0.2, 0) is 16.1 Å². The lowest BCUT2D eigenvalue weighted by atomic mass is 10.1. The Morgan fingerprint density at radius 1 is 0.966 bits per heavy atom. The highest BCUT2D eigenvalue weighted by atomic mass is 19.1. The minimum Gasteiger partial charge on any atom is -0.497 e. The van der Waals surface area contributed by atoms with Crippen LogP contribution in [0.25, 0.3) is 10.8 Å². The van der Waals surface area contributed by atoms with Gasteiger partial charge in [0.1, 0.15) is 22.9 Å². The number of carbonyl (C=O) groups is 2. The molecule has 0 fully saturated rings. The fourth-order valence-electron chi connectivity index (χ4n) is 2.86. The minimum absolute atomic E-state index is 0.284. The summed E-state index contributed by atoms with van der Waals surface area (Å²) in [4.78, 5) is 25.5. The van der Waals surface area contributed by atoms with E-state index in [1.165, 1.54) is 4.90 Å². The third kappa shape index (κ3) is 4.68. The standard InChI is InChI=1S/C22H19F2NO4/c1-25(12-14-6-7-16-11-17(28-2)9-8-15(16)10-14)20(26)13-29-22(27)21-18(23)4-3-5-19(21)24/h3-11H,12-13H2,1-2H3. The number of ether oxygens (including phenoxy) is 2. The Hall–Kier alpha value is -3.48. The number of esters is 1. The first kappa shape index (κ1) is 20.3. The molecule has 0 N–H and O–H groups in total. The number of nitrogens with zero attached hydrogens (tertiary/aromatic N) is 1. The third-order valence-electron chi connectivity index (χ3n) is 4.45. The summed E-state index contributed by atoms with van der Waals surface area (Å²) in [6, 6.07) is 14.5. The van der Waals surface area contributed by atoms with E-state index < -0.39 is 35.7 Å². The average molecular weight is 399 g/mol. The normalized spacial score (nSPS) is 10.6. The molecule has 0 aromatic heterocycles. The second-order valence-electron chi connectivity index (χ2n) is 6.47. The second-order valence-corrected chi connectivity index (χ2v) is 6.47. The molecule has 0 aliphatic heterocycles. The Balaban J connectivity index is 1.62. The van der Waals surface area contributed by atoms with Crippen molar-refractivity contribution >= 4 is 22.6 Å². The van der Waals surface area contributed by atoms with Gasteiger partial charge in [-0.25, -0.2) is 13.6 Å². The van der Waals surface area contributed by atoms with Gasteiger partial charge in [-0.15, -0.1) is 0 Å². The van der Waals surface area contributed by atoms with Gasteiger partial charge in [-0.3, -0.25) is 4.79 Å². The predicted molar refractivity (Wildman–Crippen MR) is 104 cm³/mol. The van der Waals surface area contributed by atoms with Crippen LogP contribution in [0.3, 0.4) is 0 Å². The van der Waals surface area contributed by atoms with Gasteiger partial charge < -0.3 is 14.4 Å². The molecule has 0 atom stereocenters. The van der Waals surface area contributed by atoms with Crippen molar-refractivity contribution in [2.24, 2.45) is 0 Å². The Kier molecular flexibility index (Phi) is 6.07. The van der Waals surface area contributed by atoms with Gasteiger partial charge in [0.25, 0.3) is 5.91 Å². The van der Waals surface area contributed by atoms with E-state index in [0.717, 1.165) is 40.3 Å². The third-order valence-corrected chi connectivity index (χ3v) is 4.45. The molecular formula is C22H19F2NO4. The van der Waals surface area contributed by atoms with E-state index in [1.54, 1.807) is 14.2 Å². The van der Waals surface area contributed by atoms with Crippen LogP contribution < -0.4 is 4.74 Å². The lowest BCUT2D eigenvalue weighted by Gasteiger charge is -2.18. The van der Waals surface area contributed by atoms with Gasteiger partial charge in [0, 0.05) is 13.6 Å². The lowest BCUT2D eigenvalue weighted by molar-refractivity contribution is -0.133. The topological polar surface area (TPSA) is 55.8 Å². The minimum atomic E-state index is -1.22. The number of rotatable bonds is 6. The molecule has 3 aromatic carbocycles. The number of hydrogen-bond donors (Lipinski definition) is 0. The monoisotopic (exact) mass is 399 g/mol. The van der Waals surface area contributed by atoms with Crippen molar-refractivity contribution in [3.05, 3.63) is 77.4 Å². The van der Waals surface area contributed by atoms with Crippen molar-refractivity contribution in [2.75, 3.05) is 20.8 Å². The number of methoxy groups -OCH3 is 1. The van der Waals surface area contributed by atoms with Gasteiger partial charge >= 0.3 is 5.97 Å². The van der Waals surface area contributed by atoms with Gasteiger partial charge in [0.05, 0.1) is 7.11 Å². The zero-order chi connectivity index (χ0) is 21.0. The van der Waals surface area contributed by atoms with Crippen LogP contribution in [-0.4, -0.2) is 37.5 Å². The molecule has 3 aromatic rings. The lowest BCUT2D eigenvalue weighted by Crippen LogP contribution is -2.31. The van der Waals surface area contributed by atoms with Crippen molar-refractivity contribution < 1.29 is 27.8 Å². The molecule has 0 aliphatic rings. The fraction of sp³-hybridized carbons (Fsp3) is 0.182. The second kappa shape index (κ2) is 8.68. The number of benzene rings is 3. The summed E-state index contributed by atoms with van der Waals surface area (Å²) in [6.07, 6.45) is 0. The van der Waals surface area contributed by atoms with Crippen molar-refractivity contribution in [2.45, 2.75) is 6.54 Å². The Bertz CT molecular complexity index is 1050. The van der Waals surface area contributed by atoms with Crippen LogP contribution in [0.15, 0.2) is 54.6 Å². The number of likely N-dealkylation sites (N-methyl/N-ethyl adjacent to an activating group) is 1. The van der Waals surface area contributed by atoms with Gasteiger partial charge in [-0.05, 0) is 46.7 Å². The Labute approximate surface area is 166 Å². The molecule has 29 heavy (non-hydrogen) atoms. The molecule has 1 amide bonds. The first-order valence-corrected chi connectivity index (χ1v) is 8.81. The number of hydrogen-bond acceptors (Lipinski definition) is 4. The zero-order valence-corrected chi connectivity index (χ0v) is 15.9. The highest BCUT2D eigenvalue weighted by Crippen LogP contribution is 2.22. The van der Waals surface area contributed by atoms with E-state index >= 15 is 0 Å². The summed E-state index contributed by atoms with van der Waals surface area (Å²) in [6.45, 7) is -0.333. The summed E-state index contributed by atoms with van der Waals surface area (Å²) in [5.74, 6) is -3.04. The number of amides is 1.